The summed E-state index contributed by atoms with van der Waals surface area (Å²) in [7, 11) is 0. The Morgan fingerprint density at radius 1 is 1.56 bits per heavy atom. The number of rotatable bonds is 5. The fourth-order valence-corrected chi connectivity index (χ4v) is 1.51. The van der Waals surface area contributed by atoms with Crippen LogP contribution in [-0.2, 0) is 0 Å². The Bertz CT molecular complexity index is 440. The molecule has 1 rings (SSSR count). The fraction of sp³-hybridized carbons (Fsp3) is 0.500. The molecule has 0 saturated carbocycles. The lowest BCUT2D eigenvalue weighted by molar-refractivity contribution is 0.0880. The second-order valence-electron chi connectivity index (χ2n) is 4.31. The number of aromatic nitrogens is 1. The Morgan fingerprint density at radius 2 is 2.22 bits per heavy atom. The zero-order valence-electron chi connectivity index (χ0n) is 10.3. The number of carbonyl (C=O) groups is 1. The summed E-state index contributed by atoms with van der Waals surface area (Å²) in [6, 6.07) is 1.11. The van der Waals surface area contributed by atoms with Crippen LogP contribution in [-0.4, -0.2) is 28.1 Å². The van der Waals surface area contributed by atoms with E-state index in [-0.39, 0.29) is 12.2 Å². The number of nitrogens with zero attached hydrogens (tertiary/aromatic N) is 1. The summed E-state index contributed by atoms with van der Waals surface area (Å²) in [5, 5.41) is 11.5. The van der Waals surface area contributed by atoms with Crippen molar-refractivity contribution in [2.45, 2.75) is 32.2 Å². The molecule has 100 valence electrons. The first-order chi connectivity index (χ1) is 8.43. The molecule has 0 saturated heterocycles. The number of hydrogen-bond donors (Lipinski definition) is 2. The Balaban J connectivity index is 2.91. The Morgan fingerprint density at radius 3 is 2.78 bits per heavy atom. The SMILES string of the molecule is CCC(C)(CCO)NC(=O)c1ccnc(F)c1F. The van der Waals surface area contributed by atoms with Crippen molar-refractivity contribution in [2.75, 3.05) is 6.61 Å². The molecule has 2 N–H and O–H groups in total. The van der Waals surface area contributed by atoms with Crippen LogP contribution in [0.4, 0.5) is 8.78 Å². The van der Waals surface area contributed by atoms with E-state index in [1.807, 2.05) is 6.92 Å². The van der Waals surface area contributed by atoms with Crippen molar-refractivity contribution in [3.8, 4) is 0 Å². The van der Waals surface area contributed by atoms with Crippen LogP contribution in [0.3, 0.4) is 0 Å². The van der Waals surface area contributed by atoms with Crippen LogP contribution in [0.2, 0.25) is 0 Å². The summed E-state index contributed by atoms with van der Waals surface area (Å²) in [5.74, 6) is -3.29. The molecule has 0 bridgehead atoms. The molecule has 1 amide bonds. The number of hydrogen-bond acceptors (Lipinski definition) is 3. The van der Waals surface area contributed by atoms with Crippen molar-refractivity contribution < 1.29 is 18.7 Å². The second-order valence-corrected chi connectivity index (χ2v) is 4.31. The monoisotopic (exact) mass is 258 g/mol. The number of aliphatic hydroxyl groups excluding tert-OH is 1. The molecule has 4 nitrogen and oxygen atoms in total. The number of carbonyl (C=O) groups excluding carboxylic acids is 1. The van der Waals surface area contributed by atoms with Crippen LogP contribution in [0, 0.1) is 11.8 Å². The minimum Gasteiger partial charge on any atom is -0.396 e. The molecular weight excluding hydrogens is 242 g/mol. The molecule has 1 heterocycles. The van der Waals surface area contributed by atoms with E-state index >= 15 is 0 Å². The summed E-state index contributed by atoms with van der Waals surface area (Å²) in [6.45, 7) is 3.47. The molecule has 0 fully saturated rings. The summed E-state index contributed by atoms with van der Waals surface area (Å²) in [6.07, 6.45) is 1.93. The smallest absolute Gasteiger partial charge is 0.254 e. The van der Waals surface area contributed by atoms with Crippen molar-refractivity contribution >= 4 is 5.91 Å². The van der Waals surface area contributed by atoms with E-state index < -0.39 is 23.2 Å². The highest BCUT2D eigenvalue weighted by atomic mass is 19.2. The predicted octanol–water partition coefficient (Wildman–Crippen LogP) is 1.64. The maximum Gasteiger partial charge on any atom is 0.254 e. The van der Waals surface area contributed by atoms with E-state index in [0.717, 1.165) is 12.3 Å². The van der Waals surface area contributed by atoms with Crippen LogP contribution in [0.25, 0.3) is 0 Å². The zero-order valence-corrected chi connectivity index (χ0v) is 10.3. The third-order valence-corrected chi connectivity index (χ3v) is 2.95. The molecule has 0 aromatic carbocycles. The highest BCUT2D eigenvalue weighted by Gasteiger charge is 2.26. The van der Waals surface area contributed by atoms with E-state index in [9.17, 15) is 13.6 Å². The van der Waals surface area contributed by atoms with E-state index in [2.05, 4.69) is 10.3 Å². The molecule has 6 heteroatoms. The van der Waals surface area contributed by atoms with Gasteiger partial charge in [-0.2, -0.15) is 4.39 Å². The molecule has 0 aliphatic carbocycles. The van der Waals surface area contributed by atoms with Gasteiger partial charge in [-0.25, -0.2) is 9.37 Å². The van der Waals surface area contributed by atoms with E-state index in [1.54, 1.807) is 6.92 Å². The first kappa shape index (κ1) is 14.5. The summed E-state index contributed by atoms with van der Waals surface area (Å²) in [5.41, 5.74) is -1.04. The van der Waals surface area contributed by atoms with E-state index in [0.29, 0.717) is 12.8 Å². The third kappa shape index (κ3) is 3.22. The molecule has 0 aliphatic heterocycles. The highest BCUT2D eigenvalue weighted by molar-refractivity contribution is 5.94. The number of pyridine rings is 1. The maximum atomic E-state index is 13.4. The summed E-state index contributed by atoms with van der Waals surface area (Å²) < 4.78 is 26.3. The fourth-order valence-electron chi connectivity index (χ4n) is 1.51. The van der Waals surface area contributed by atoms with Gasteiger partial charge in [-0.05, 0) is 25.8 Å². The van der Waals surface area contributed by atoms with Crippen LogP contribution in [0.5, 0.6) is 0 Å². The lowest BCUT2D eigenvalue weighted by Gasteiger charge is -2.29. The van der Waals surface area contributed by atoms with Crippen molar-refractivity contribution in [3.63, 3.8) is 0 Å². The lowest BCUT2D eigenvalue weighted by atomic mass is 9.94. The van der Waals surface area contributed by atoms with Crippen molar-refractivity contribution in [1.29, 1.82) is 0 Å². The lowest BCUT2D eigenvalue weighted by Crippen LogP contribution is -2.46. The maximum absolute atomic E-state index is 13.4. The molecule has 0 radical (unpaired) electrons. The van der Waals surface area contributed by atoms with Crippen molar-refractivity contribution in [1.82, 2.24) is 10.3 Å². The number of aliphatic hydroxyl groups is 1. The van der Waals surface area contributed by atoms with Gasteiger partial charge in [0.2, 0.25) is 5.95 Å². The van der Waals surface area contributed by atoms with Gasteiger partial charge in [-0.3, -0.25) is 4.79 Å². The Kier molecular flexibility index (Phi) is 4.72. The van der Waals surface area contributed by atoms with Crippen molar-refractivity contribution in [3.05, 3.63) is 29.6 Å². The van der Waals surface area contributed by atoms with Crippen LogP contribution in [0.1, 0.15) is 37.0 Å². The average Bonchev–Trinajstić information content (AvgIpc) is 2.32. The first-order valence-corrected chi connectivity index (χ1v) is 5.67. The third-order valence-electron chi connectivity index (χ3n) is 2.95. The number of halogens is 2. The van der Waals surface area contributed by atoms with Gasteiger partial charge in [0, 0.05) is 18.3 Å². The molecule has 1 aromatic heterocycles. The Hall–Kier alpha value is -1.56. The Labute approximate surface area is 104 Å². The van der Waals surface area contributed by atoms with Gasteiger partial charge in [0.15, 0.2) is 5.82 Å². The zero-order chi connectivity index (χ0) is 13.8. The average molecular weight is 258 g/mol. The normalized spacial score (nSPS) is 14.1. The van der Waals surface area contributed by atoms with Gasteiger partial charge in [0.1, 0.15) is 0 Å². The molecule has 1 atom stereocenters. The van der Waals surface area contributed by atoms with Gasteiger partial charge in [-0.15, -0.1) is 0 Å². The van der Waals surface area contributed by atoms with E-state index in [4.69, 9.17) is 5.11 Å². The standard InChI is InChI=1S/C12H16F2N2O2/c1-3-12(2,5-7-17)16-11(18)8-4-6-15-10(14)9(8)13/h4,6,17H,3,5,7H2,1-2H3,(H,16,18). The van der Waals surface area contributed by atoms with Gasteiger partial charge in [-0.1, -0.05) is 6.92 Å². The predicted molar refractivity (Wildman–Crippen MR) is 62.0 cm³/mol. The number of amides is 1. The van der Waals surface area contributed by atoms with Crippen molar-refractivity contribution in [2.24, 2.45) is 0 Å². The van der Waals surface area contributed by atoms with Crippen LogP contribution in [0.15, 0.2) is 12.3 Å². The van der Waals surface area contributed by atoms with Gasteiger partial charge < -0.3 is 10.4 Å². The largest absolute Gasteiger partial charge is 0.396 e. The quantitative estimate of drug-likeness (QED) is 0.789. The van der Waals surface area contributed by atoms with Gasteiger partial charge in [0.05, 0.1) is 5.56 Å². The molecular formula is C12H16F2N2O2. The molecule has 1 unspecified atom stereocenters. The second kappa shape index (κ2) is 5.86. The number of nitrogens with one attached hydrogen (secondary N) is 1. The molecule has 18 heavy (non-hydrogen) atoms. The summed E-state index contributed by atoms with van der Waals surface area (Å²) in [4.78, 5) is 15.0. The van der Waals surface area contributed by atoms with Gasteiger partial charge in [0.25, 0.3) is 5.91 Å². The summed E-state index contributed by atoms with van der Waals surface area (Å²) >= 11 is 0. The first-order valence-electron chi connectivity index (χ1n) is 5.67. The minimum absolute atomic E-state index is 0.0994. The minimum atomic E-state index is -1.30. The molecule has 0 spiro atoms. The molecule has 1 aromatic rings. The van der Waals surface area contributed by atoms with Gasteiger partial charge >= 0.3 is 0 Å². The highest BCUT2D eigenvalue weighted by Crippen LogP contribution is 2.16. The van der Waals surface area contributed by atoms with Crippen LogP contribution >= 0.6 is 0 Å². The molecule has 0 aliphatic rings. The van der Waals surface area contributed by atoms with E-state index in [1.165, 1.54) is 0 Å². The topological polar surface area (TPSA) is 62.2 Å². The van der Waals surface area contributed by atoms with Crippen LogP contribution < -0.4 is 5.32 Å².